The van der Waals surface area contributed by atoms with Crippen molar-refractivity contribution in [1.82, 2.24) is 4.98 Å². The molecule has 0 spiro atoms. The largest absolute Gasteiger partial charge is 0.366 e. The fourth-order valence-electron chi connectivity index (χ4n) is 2.38. The van der Waals surface area contributed by atoms with Crippen molar-refractivity contribution >= 4 is 40.7 Å². The van der Waals surface area contributed by atoms with E-state index in [1.165, 1.54) is 18.2 Å². The number of benzene rings is 2. The number of amides is 2. The molecule has 0 aliphatic rings. The maximum atomic E-state index is 12.4. The van der Waals surface area contributed by atoms with Gasteiger partial charge in [0.15, 0.2) is 0 Å². The van der Waals surface area contributed by atoms with Gasteiger partial charge < -0.3 is 11.1 Å². The van der Waals surface area contributed by atoms with Gasteiger partial charge in [-0.05, 0) is 48.5 Å². The van der Waals surface area contributed by atoms with Gasteiger partial charge in [-0.1, -0.05) is 29.3 Å². The second-order valence-corrected chi connectivity index (χ2v) is 6.24. The van der Waals surface area contributed by atoms with Crippen LogP contribution < -0.4 is 11.1 Å². The smallest absolute Gasteiger partial charge is 0.255 e. The summed E-state index contributed by atoms with van der Waals surface area (Å²) in [7, 11) is 0. The first-order valence-electron chi connectivity index (χ1n) is 7.57. The van der Waals surface area contributed by atoms with E-state index in [2.05, 4.69) is 10.3 Å². The monoisotopic (exact) mass is 385 g/mol. The lowest BCUT2D eigenvalue weighted by Crippen LogP contribution is -2.15. The summed E-state index contributed by atoms with van der Waals surface area (Å²) in [4.78, 5) is 27.9. The van der Waals surface area contributed by atoms with Crippen LogP contribution in [0.3, 0.4) is 0 Å². The van der Waals surface area contributed by atoms with Crippen molar-refractivity contribution in [2.45, 2.75) is 0 Å². The Kier molecular flexibility index (Phi) is 5.21. The summed E-state index contributed by atoms with van der Waals surface area (Å²) in [5.74, 6) is -1.03. The van der Waals surface area contributed by atoms with Gasteiger partial charge in [-0.3, -0.25) is 14.6 Å². The van der Waals surface area contributed by atoms with Crippen LogP contribution in [0.4, 0.5) is 5.69 Å². The number of primary amides is 1. The second-order valence-electron chi connectivity index (χ2n) is 5.42. The average molecular weight is 386 g/mol. The van der Waals surface area contributed by atoms with Crippen LogP contribution in [0.2, 0.25) is 10.0 Å². The van der Waals surface area contributed by atoms with Crippen LogP contribution in [0.15, 0.2) is 60.8 Å². The molecule has 0 aliphatic carbocycles. The van der Waals surface area contributed by atoms with E-state index in [0.29, 0.717) is 27.5 Å². The van der Waals surface area contributed by atoms with Gasteiger partial charge in [0.25, 0.3) is 5.91 Å². The number of nitrogens with one attached hydrogen (secondary N) is 1. The third-order valence-electron chi connectivity index (χ3n) is 3.66. The van der Waals surface area contributed by atoms with E-state index >= 15 is 0 Å². The topological polar surface area (TPSA) is 85.1 Å². The maximum absolute atomic E-state index is 12.4. The van der Waals surface area contributed by atoms with Gasteiger partial charge in [-0.2, -0.15) is 0 Å². The molecule has 26 heavy (non-hydrogen) atoms. The Morgan fingerprint density at radius 2 is 1.77 bits per heavy atom. The van der Waals surface area contributed by atoms with E-state index in [9.17, 15) is 9.59 Å². The highest BCUT2D eigenvalue weighted by Crippen LogP contribution is 2.29. The third kappa shape index (κ3) is 3.85. The molecule has 0 saturated heterocycles. The number of pyridine rings is 1. The van der Waals surface area contributed by atoms with Crippen LogP contribution in [0.5, 0.6) is 0 Å². The molecule has 130 valence electrons. The molecular formula is C19H13Cl2N3O2. The number of hydrogen-bond acceptors (Lipinski definition) is 3. The number of carbonyl (C=O) groups is 2. The Bertz CT molecular complexity index is 991. The van der Waals surface area contributed by atoms with E-state index in [-0.39, 0.29) is 16.5 Å². The van der Waals surface area contributed by atoms with Crippen LogP contribution in [-0.4, -0.2) is 16.8 Å². The molecule has 0 saturated carbocycles. The molecule has 2 aromatic carbocycles. The van der Waals surface area contributed by atoms with Crippen LogP contribution in [0.1, 0.15) is 20.7 Å². The molecule has 0 fully saturated rings. The Hall–Kier alpha value is -2.89. The molecule has 0 unspecified atom stereocenters. The minimum absolute atomic E-state index is 0.121. The summed E-state index contributed by atoms with van der Waals surface area (Å²) in [5.41, 5.74) is 7.62. The van der Waals surface area contributed by atoms with Gasteiger partial charge in [0.2, 0.25) is 5.91 Å². The number of halogens is 2. The van der Waals surface area contributed by atoms with Crippen molar-refractivity contribution in [2.24, 2.45) is 5.73 Å². The zero-order chi connectivity index (χ0) is 18.7. The molecular weight excluding hydrogens is 373 g/mol. The SMILES string of the molecule is NC(=O)c1ccc(C(=O)Nc2ccc(Cl)c(-c3ccccn3)c2)cc1Cl. The number of carbonyl (C=O) groups excluding carboxylic acids is 2. The number of anilines is 1. The van der Waals surface area contributed by atoms with E-state index in [1.54, 1.807) is 24.4 Å². The van der Waals surface area contributed by atoms with E-state index in [4.69, 9.17) is 28.9 Å². The van der Waals surface area contributed by atoms with Crippen LogP contribution in [-0.2, 0) is 0 Å². The molecule has 1 aromatic heterocycles. The number of nitrogens with two attached hydrogens (primary N) is 1. The minimum atomic E-state index is -0.653. The maximum Gasteiger partial charge on any atom is 0.255 e. The first-order valence-corrected chi connectivity index (χ1v) is 8.33. The number of hydrogen-bond donors (Lipinski definition) is 2. The van der Waals surface area contributed by atoms with Crippen LogP contribution in [0.25, 0.3) is 11.3 Å². The number of nitrogens with zero attached hydrogens (tertiary/aromatic N) is 1. The normalized spacial score (nSPS) is 10.4. The van der Waals surface area contributed by atoms with E-state index in [0.717, 1.165) is 0 Å². The highest BCUT2D eigenvalue weighted by atomic mass is 35.5. The van der Waals surface area contributed by atoms with Crippen molar-refractivity contribution in [2.75, 3.05) is 5.32 Å². The Balaban J connectivity index is 1.86. The van der Waals surface area contributed by atoms with Gasteiger partial charge in [-0.15, -0.1) is 0 Å². The fourth-order valence-corrected chi connectivity index (χ4v) is 2.87. The predicted octanol–water partition coefficient (Wildman–Crippen LogP) is 4.41. The number of aromatic nitrogens is 1. The van der Waals surface area contributed by atoms with E-state index in [1.807, 2.05) is 18.2 Å². The lowest BCUT2D eigenvalue weighted by Gasteiger charge is -2.10. The first kappa shape index (κ1) is 17.9. The summed E-state index contributed by atoms with van der Waals surface area (Å²) >= 11 is 12.2. The highest BCUT2D eigenvalue weighted by molar-refractivity contribution is 6.34. The molecule has 5 nitrogen and oxygen atoms in total. The molecule has 1 heterocycles. The van der Waals surface area contributed by atoms with Crippen molar-refractivity contribution in [3.05, 3.63) is 82.0 Å². The number of rotatable bonds is 4. The lowest BCUT2D eigenvalue weighted by atomic mass is 10.1. The average Bonchev–Trinajstić information content (AvgIpc) is 2.63. The van der Waals surface area contributed by atoms with Crippen molar-refractivity contribution in [3.8, 4) is 11.3 Å². The summed E-state index contributed by atoms with van der Waals surface area (Å²) < 4.78 is 0. The zero-order valence-corrected chi connectivity index (χ0v) is 14.9. The molecule has 7 heteroatoms. The summed E-state index contributed by atoms with van der Waals surface area (Å²) in [6.07, 6.45) is 1.67. The molecule has 0 atom stereocenters. The molecule has 3 rings (SSSR count). The zero-order valence-electron chi connectivity index (χ0n) is 13.4. The Morgan fingerprint density at radius 1 is 0.962 bits per heavy atom. The quantitative estimate of drug-likeness (QED) is 0.697. The summed E-state index contributed by atoms with van der Waals surface area (Å²) in [6.45, 7) is 0. The molecule has 0 aliphatic heterocycles. The standard InChI is InChI=1S/C19H13Cl2N3O2/c20-15-7-5-12(10-14(15)17-3-1-2-8-23-17)24-19(26)11-4-6-13(18(22)25)16(21)9-11/h1-10H,(H2,22,25)(H,24,26). The van der Waals surface area contributed by atoms with Gasteiger partial charge in [0, 0.05) is 23.0 Å². The molecule has 3 aromatic rings. The predicted molar refractivity (Wildman–Crippen MR) is 103 cm³/mol. The minimum Gasteiger partial charge on any atom is -0.366 e. The molecule has 0 bridgehead atoms. The van der Waals surface area contributed by atoms with Gasteiger partial charge in [0.05, 0.1) is 21.3 Å². The summed E-state index contributed by atoms with van der Waals surface area (Å²) in [6, 6.07) is 14.9. The lowest BCUT2D eigenvalue weighted by molar-refractivity contribution is 0.0995. The van der Waals surface area contributed by atoms with Crippen molar-refractivity contribution < 1.29 is 9.59 Å². The Labute approximate surface area is 159 Å². The van der Waals surface area contributed by atoms with Crippen LogP contribution in [0, 0.1) is 0 Å². The van der Waals surface area contributed by atoms with Gasteiger partial charge in [0.1, 0.15) is 0 Å². The molecule has 3 N–H and O–H groups in total. The van der Waals surface area contributed by atoms with Crippen molar-refractivity contribution in [3.63, 3.8) is 0 Å². The third-order valence-corrected chi connectivity index (χ3v) is 4.30. The van der Waals surface area contributed by atoms with Gasteiger partial charge >= 0.3 is 0 Å². The highest BCUT2D eigenvalue weighted by Gasteiger charge is 2.13. The fraction of sp³-hybridized carbons (Fsp3) is 0. The molecule has 2 amide bonds. The second kappa shape index (κ2) is 7.56. The van der Waals surface area contributed by atoms with Crippen molar-refractivity contribution in [1.29, 1.82) is 0 Å². The summed E-state index contributed by atoms with van der Waals surface area (Å²) in [5, 5.41) is 3.42. The van der Waals surface area contributed by atoms with E-state index < -0.39 is 5.91 Å². The van der Waals surface area contributed by atoms with Crippen LogP contribution >= 0.6 is 23.2 Å². The first-order chi connectivity index (χ1) is 12.5. The Morgan fingerprint density at radius 3 is 2.42 bits per heavy atom. The molecule has 0 radical (unpaired) electrons. The van der Waals surface area contributed by atoms with Gasteiger partial charge in [-0.25, -0.2) is 0 Å².